The Kier molecular flexibility index (Phi) is 2.60. The first-order valence-electron chi connectivity index (χ1n) is 4.67. The molecule has 1 heterocycles. The van der Waals surface area contributed by atoms with E-state index in [1.807, 2.05) is 0 Å². The minimum atomic E-state index is -0.842. The largest absolute Gasteiger partial charge is 0.460 e. The third-order valence-corrected chi connectivity index (χ3v) is 2.01. The quantitative estimate of drug-likeness (QED) is 0.739. The molecule has 2 aromatic rings. The van der Waals surface area contributed by atoms with Crippen LogP contribution in [0.2, 0.25) is 0 Å². The van der Waals surface area contributed by atoms with E-state index in [0.29, 0.717) is 6.07 Å². The zero-order valence-corrected chi connectivity index (χ0v) is 8.42. The third kappa shape index (κ3) is 1.76. The summed E-state index contributed by atoms with van der Waals surface area (Å²) in [7, 11) is 0. The molecule has 0 N–H and O–H groups in total. The molecule has 0 bridgehead atoms. The predicted octanol–water partition coefficient (Wildman–Crippen LogP) is 2.89. The van der Waals surface area contributed by atoms with Crippen LogP contribution in [-0.2, 0) is 4.74 Å². The smallest absolute Gasteiger partial charge is 0.374 e. The van der Waals surface area contributed by atoms with Gasteiger partial charge in [-0.25, -0.2) is 13.6 Å². The van der Waals surface area contributed by atoms with Crippen molar-refractivity contribution >= 4 is 16.9 Å². The summed E-state index contributed by atoms with van der Waals surface area (Å²) in [6, 6.07) is 3.03. The third-order valence-electron chi connectivity index (χ3n) is 2.01. The number of carbonyl (C=O) groups excluding carboxylic acids is 1. The summed E-state index contributed by atoms with van der Waals surface area (Å²) in [6.07, 6.45) is 0. The van der Waals surface area contributed by atoms with Gasteiger partial charge in [-0.2, -0.15) is 0 Å². The van der Waals surface area contributed by atoms with E-state index in [1.165, 1.54) is 6.07 Å². The highest BCUT2D eigenvalue weighted by Gasteiger charge is 2.16. The van der Waals surface area contributed by atoms with Crippen LogP contribution in [0, 0.1) is 11.6 Å². The van der Waals surface area contributed by atoms with Crippen LogP contribution >= 0.6 is 0 Å². The number of hydrogen-bond donors (Lipinski definition) is 0. The van der Waals surface area contributed by atoms with Gasteiger partial charge < -0.3 is 9.15 Å². The van der Waals surface area contributed by atoms with Crippen LogP contribution in [0.25, 0.3) is 11.0 Å². The lowest BCUT2D eigenvalue weighted by molar-refractivity contribution is 0.0492. The second kappa shape index (κ2) is 3.92. The maximum absolute atomic E-state index is 13.2. The zero-order valence-electron chi connectivity index (χ0n) is 8.42. The lowest BCUT2D eigenvalue weighted by Crippen LogP contribution is -2.02. The summed E-state index contributed by atoms with van der Waals surface area (Å²) in [6.45, 7) is 1.83. The number of carbonyl (C=O) groups is 1. The Morgan fingerprint density at radius 2 is 2.12 bits per heavy atom. The molecule has 0 aliphatic heterocycles. The number of fused-ring (bicyclic) bond motifs is 1. The fourth-order valence-corrected chi connectivity index (χ4v) is 1.38. The van der Waals surface area contributed by atoms with Crippen molar-refractivity contribution in [3.8, 4) is 0 Å². The molecule has 1 aromatic carbocycles. The van der Waals surface area contributed by atoms with E-state index in [4.69, 9.17) is 4.42 Å². The van der Waals surface area contributed by atoms with E-state index in [9.17, 15) is 13.6 Å². The number of furan rings is 1. The van der Waals surface area contributed by atoms with Crippen LogP contribution in [0.15, 0.2) is 22.6 Å². The van der Waals surface area contributed by atoms with Crippen molar-refractivity contribution in [3.05, 3.63) is 35.6 Å². The molecular weight excluding hydrogens is 218 g/mol. The highest BCUT2D eigenvalue weighted by atomic mass is 19.1. The summed E-state index contributed by atoms with van der Waals surface area (Å²) in [5.41, 5.74) is -0.149. The van der Waals surface area contributed by atoms with Crippen molar-refractivity contribution in [2.24, 2.45) is 0 Å². The van der Waals surface area contributed by atoms with Gasteiger partial charge in [-0.05, 0) is 19.1 Å². The van der Waals surface area contributed by atoms with E-state index in [2.05, 4.69) is 4.74 Å². The SMILES string of the molecule is CCOC(=O)c1cc2cc(F)cc(F)c2o1. The summed E-state index contributed by atoms with van der Waals surface area (Å²) >= 11 is 0. The molecule has 2 rings (SSSR count). The van der Waals surface area contributed by atoms with Crippen LogP contribution in [0.4, 0.5) is 8.78 Å². The Bertz CT molecular complexity index is 545. The molecule has 1 aromatic heterocycles. The summed E-state index contributed by atoms with van der Waals surface area (Å²) in [5, 5.41) is 0.195. The van der Waals surface area contributed by atoms with Crippen LogP contribution in [0.5, 0.6) is 0 Å². The van der Waals surface area contributed by atoms with Gasteiger partial charge in [-0.15, -0.1) is 0 Å². The molecule has 0 unspecified atom stereocenters. The molecule has 0 fully saturated rings. The van der Waals surface area contributed by atoms with E-state index in [1.54, 1.807) is 6.92 Å². The number of ether oxygens (including phenoxy) is 1. The molecule has 84 valence electrons. The van der Waals surface area contributed by atoms with Gasteiger partial charge in [0.25, 0.3) is 0 Å². The Hall–Kier alpha value is -1.91. The number of esters is 1. The summed E-state index contributed by atoms with van der Waals surface area (Å²) < 4.78 is 35.7. The lowest BCUT2D eigenvalue weighted by Gasteiger charge is -1.95. The molecule has 0 saturated heterocycles. The molecule has 0 aliphatic rings. The number of halogens is 2. The second-order valence-electron chi connectivity index (χ2n) is 3.14. The fraction of sp³-hybridized carbons (Fsp3) is 0.182. The molecule has 5 heteroatoms. The van der Waals surface area contributed by atoms with Crippen molar-refractivity contribution < 1.29 is 22.7 Å². The minimum absolute atomic E-state index is 0.138. The Morgan fingerprint density at radius 1 is 1.38 bits per heavy atom. The first-order valence-corrected chi connectivity index (χ1v) is 4.67. The topological polar surface area (TPSA) is 39.4 Å². The van der Waals surface area contributed by atoms with E-state index >= 15 is 0 Å². The lowest BCUT2D eigenvalue weighted by atomic mass is 10.2. The van der Waals surface area contributed by atoms with Crippen LogP contribution < -0.4 is 0 Å². The van der Waals surface area contributed by atoms with Crippen molar-refractivity contribution in [2.75, 3.05) is 6.61 Å². The van der Waals surface area contributed by atoms with Crippen molar-refractivity contribution in [1.29, 1.82) is 0 Å². The van der Waals surface area contributed by atoms with Gasteiger partial charge >= 0.3 is 5.97 Å². The Balaban J connectivity index is 2.51. The molecule has 16 heavy (non-hydrogen) atoms. The van der Waals surface area contributed by atoms with Gasteiger partial charge in [-0.1, -0.05) is 0 Å². The highest BCUT2D eigenvalue weighted by molar-refractivity contribution is 5.92. The van der Waals surface area contributed by atoms with Gasteiger partial charge in [0.1, 0.15) is 5.82 Å². The van der Waals surface area contributed by atoms with Gasteiger partial charge in [0.2, 0.25) is 5.76 Å². The first kappa shape index (κ1) is 10.6. The average Bonchev–Trinajstić information content (AvgIpc) is 2.62. The van der Waals surface area contributed by atoms with Crippen LogP contribution in [0.3, 0.4) is 0 Å². The molecule has 0 amide bonds. The normalized spacial score (nSPS) is 10.7. The fourth-order valence-electron chi connectivity index (χ4n) is 1.38. The molecule has 0 atom stereocenters. The number of rotatable bonds is 2. The average molecular weight is 226 g/mol. The number of hydrogen-bond acceptors (Lipinski definition) is 3. The maximum atomic E-state index is 13.2. The van der Waals surface area contributed by atoms with Crippen LogP contribution in [0.1, 0.15) is 17.5 Å². The van der Waals surface area contributed by atoms with Gasteiger partial charge in [0.05, 0.1) is 6.61 Å². The molecule has 0 saturated carbocycles. The van der Waals surface area contributed by atoms with E-state index < -0.39 is 17.6 Å². The molecule has 3 nitrogen and oxygen atoms in total. The summed E-state index contributed by atoms with van der Waals surface area (Å²) in [5.74, 6) is -2.40. The molecule has 0 aliphatic carbocycles. The predicted molar refractivity (Wildman–Crippen MR) is 52.1 cm³/mol. The van der Waals surface area contributed by atoms with Crippen molar-refractivity contribution in [3.63, 3.8) is 0 Å². The standard InChI is InChI=1S/C11H8F2O3/c1-2-15-11(14)9-4-6-3-7(12)5-8(13)10(6)16-9/h3-5H,2H2,1H3. The number of benzene rings is 1. The molecule has 0 spiro atoms. The maximum Gasteiger partial charge on any atom is 0.374 e. The molecule has 0 radical (unpaired) electrons. The Labute approximate surface area is 89.6 Å². The Morgan fingerprint density at radius 3 is 2.81 bits per heavy atom. The van der Waals surface area contributed by atoms with Gasteiger partial charge in [0, 0.05) is 11.5 Å². The summed E-state index contributed by atoms with van der Waals surface area (Å²) in [4.78, 5) is 11.3. The van der Waals surface area contributed by atoms with E-state index in [-0.39, 0.29) is 23.3 Å². The van der Waals surface area contributed by atoms with Gasteiger partial charge in [0.15, 0.2) is 11.4 Å². The van der Waals surface area contributed by atoms with Crippen molar-refractivity contribution in [2.45, 2.75) is 6.92 Å². The van der Waals surface area contributed by atoms with E-state index in [0.717, 1.165) is 6.07 Å². The van der Waals surface area contributed by atoms with Gasteiger partial charge in [-0.3, -0.25) is 0 Å². The zero-order chi connectivity index (χ0) is 11.7. The van der Waals surface area contributed by atoms with Crippen molar-refractivity contribution in [1.82, 2.24) is 0 Å². The second-order valence-corrected chi connectivity index (χ2v) is 3.14. The van der Waals surface area contributed by atoms with Crippen LogP contribution in [-0.4, -0.2) is 12.6 Å². The molecular formula is C11H8F2O3. The monoisotopic (exact) mass is 226 g/mol. The minimum Gasteiger partial charge on any atom is -0.460 e. The highest BCUT2D eigenvalue weighted by Crippen LogP contribution is 2.23. The first-order chi connectivity index (χ1) is 7.61.